The predicted molar refractivity (Wildman–Crippen MR) is 60.4 cm³/mol. The van der Waals surface area contributed by atoms with Crippen LogP contribution >= 0.6 is 0 Å². The second kappa shape index (κ2) is 4.69. The van der Waals surface area contributed by atoms with Crippen LogP contribution in [0.4, 0.5) is 0 Å². The fraction of sp³-hybridized carbons (Fsp3) is 0.909. The topological polar surface area (TPSA) is 75.8 Å². The van der Waals surface area contributed by atoms with Crippen LogP contribution in [0, 0.1) is 5.41 Å². The molecule has 0 aromatic carbocycles. The number of hydrogen-bond acceptors (Lipinski definition) is 5. The normalized spacial score (nSPS) is 21.8. The molecule has 0 saturated carbocycles. The van der Waals surface area contributed by atoms with Crippen LogP contribution < -0.4 is 5.84 Å². The lowest BCUT2D eigenvalue weighted by Crippen LogP contribution is -2.50. The van der Waals surface area contributed by atoms with Crippen LogP contribution in [-0.4, -0.2) is 41.4 Å². The third-order valence-electron chi connectivity index (χ3n) is 2.89. The summed E-state index contributed by atoms with van der Waals surface area (Å²) >= 11 is 0. The van der Waals surface area contributed by atoms with Crippen molar-refractivity contribution in [3.63, 3.8) is 0 Å². The Balaban J connectivity index is 2.69. The summed E-state index contributed by atoms with van der Waals surface area (Å²) in [6.07, 6.45) is 1.10. The van der Waals surface area contributed by atoms with Gasteiger partial charge in [-0.3, -0.25) is 10.6 Å². The monoisotopic (exact) mass is 230 g/mol. The number of aliphatic hydroxyl groups is 1. The van der Waals surface area contributed by atoms with Gasteiger partial charge < -0.3 is 9.84 Å². The van der Waals surface area contributed by atoms with Crippen molar-refractivity contribution in [1.82, 2.24) is 5.01 Å². The van der Waals surface area contributed by atoms with Crippen molar-refractivity contribution < 1.29 is 14.6 Å². The maximum Gasteiger partial charge on any atom is 0.315 e. The summed E-state index contributed by atoms with van der Waals surface area (Å²) in [5.41, 5.74) is -1.28. The van der Waals surface area contributed by atoms with Crippen LogP contribution in [0.2, 0.25) is 0 Å². The Morgan fingerprint density at radius 1 is 1.44 bits per heavy atom. The average Bonchev–Trinajstić information content (AvgIpc) is 2.17. The summed E-state index contributed by atoms with van der Waals surface area (Å²) in [6.45, 7) is 6.53. The van der Waals surface area contributed by atoms with Gasteiger partial charge >= 0.3 is 5.97 Å². The zero-order chi connectivity index (χ0) is 12.4. The van der Waals surface area contributed by atoms with E-state index in [1.54, 1.807) is 5.01 Å². The molecule has 0 aliphatic carbocycles. The van der Waals surface area contributed by atoms with Crippen molar-refractivity contribution >= 4 is 5.97 Å². The third kappa shape index (κ3) is 3.17. The maximum absolute atomic E-state index is 12.0. The van der Waals surface area contributed by atoms with Crippen molar-refractivity contribution in [3.8, 4) is 0 Å². The number of esters is 1. The van der Waals surface area contributed by atoms with E-state index in [1.807, 2.05) is 20.8 Å². The van der Waals surface area contributed by atoms with E-state index in [0.717, 1.165) is 0 Å². The minimum absolute atomic E-state index is 0.171. The first kappa shape index (κ1) is 13.4. The second-order valence-corrected chi connectivity index (χ2v) is 5.48. The lowest BCUT2D eigenvalue weighted by atomic mass is 9.79. The number of hydrogen-bond donors (Lipinski definition) is 2. The molecule has 0 spiro atoms. The quantitative estimate of drug-likeness (QED) is 0.526. The number of nitrogens with two attached hydrogens (primary N) is 1. The standard InChI is InChI=1S/C11H22N2O3/c1-10(2,3)16-9(15)11(8-14)4-6-13(12)7-5-11/h14H,4-8,12H2,1-3H3. The minimum Gasteiger partial charge on any atom is -0.459 e. The van der Waals surface area contributed by atoms with Crippen LogP contribution in [0.1, 0.15) is 33.6 Å². The Morgan fingerprint density at radius 2 is 1.94 bits per heavy atom. The number of nitrogens with zero attached hydrogens (tertiary/aromatic N) is 1. The van der Waals surface area contributed by atoms with E-state index < -0.39 is 11.0 Å². The number of hydrazine groups is 1. The van der Waals surface area contributed by atoms with E-state index in [-0.39, 0.29) is 12.6 Å². The Hall–Kier alpha value is -0.650. The molecule has 0 amide bonds. The van der Waals surface area contributed by atoms with E-state index in [2.05, 4.69) is 0 Å². The highest BCUT2D eigenvalue weighted by atomic mass is 16.6. The van der Waals surface area contributed by atoms with Gasteiger partial charge in [0.05, 0.1) is 12.0 Å². The van der Waals surface area contributed by atoms with Crippen molar-refractivity contribution in [1.29, 1.82) is 0 Å². The summed E-state index contributed by atoms with van der Waals surface area (Å²) in [7, 11) is 0. The summed E-state index contributed by atoms with van der Waals surface area (Å²) in [4.78, 5) is 12.0. The fourth-order valence-electron chi connectivity index (χ4n) is 1.77. The molecule has 1 heterocycles. The SMILES string of the molecule is CC(C)(C)OC(=O)C1(CO)CCN(N)CC1. The molecule has 1 aliphatic heterocycles. The first-order valence-electron chi connectivity index (χ1n) is 5.63. The van der Waals surface area contributed by atoms with E-state index >= 15 is 0 Å². The Kier molecular flexibility index (Phi) is 3.93. The number of carbonyl (C=O) groups excluding carboxylic acids is 1. The molecule has 16 heavy (non-hydrogen) atoms. The smallest absolute Gasteiger partial charge is 0.315 e. The van der Waals surface area contributed by atoms with Crippen LogP contribution in [0.15, 0.2) is 0 Å². The predicted octanol–water partition coefficient (Wildman–Crippen LogP) is 0.276. The number of carbonyl (C=O) groups is 1. The molecule has 0 radical (unpaired) electrons. The molecule has 1 saturated heterocycles. The van der Waals surface area contributed by atoms with Crippen LogP contribution in [0.3, 0.4) is 0 Å². The highest BCUT2D eigenvalue weighted by Crippen LogP contribution is 2.33. The van der Waals surface area contributed by atoms with Gasteiger partial charge in [0, 0.05) is 13.1 Å². The molecule has 0 atom stereocenters. The molecule has 5 heteroatoms. The molecule has 0 bridgehead atoms. The Morgan fingerprint density at radius 3 is 2.31 bits per heavy atom. The van der Waals surface area contributed by atoms with Crippen LogP contribution in [0.25, 0.3) is 0 Å². The summed E-state index contributed by atoms with van der Waals surface area (Å²) < 4.78 is 5.35. The lowest BCUT2D eigenvalue weighted by Gasteiger charge is -2.38. The average molecular weight is 230 g/mol. The third-order valence-corrected chi connectivity index (χ3v) is 2.89. The van der Waals surface area contributed by atoms with Crippen LogP contribution in [0.5, 0.6) is 0 Å². The van der Waals surface area contributed by atoms with Crippen molar-refractivity contribution in [3.05, 3.63) is 0 Å². The second-order valence-electron chi connectivity index (χ2n) is 5.48. The number of piperidine rings is 1. The van der Waals surface area contributed by atoms with Gasteiger partial charge in [0.15, 0.2) is 0 Å². The summed E-state index contributed by atoms with van der Waals surface area (Å²) in [5.74, 6) is 5.33. The zero-order valence-electron chi connectivity index (χ0n) is 10.3. The molecule has 1 fully saturated rings. The van der Waals surface area contributed by atoms with Crippen molar-refractivity contribution in [2.24, 2.45) is 11.3 Å². The summed E-state index contributed by atoms with van der Waals surface area (Å²) in [6, 6.07) is 0. The van der Waals surface area contributed by atoms with Gasteiger partial charge in [0.1, 0.15) is 5.60 Å². The van der Waals surface area contributed by atoms with Gasteiger partial charge in [0.2, 0.25) is 0 Å². The van der Waals surface area contributed by atoms with E-state index in [9.17, 15) is 9.90 Å². The molecule has 1 rings (SSSR count). The minimum atomic E-state index is -0.761. The molecular weight excluding hydrogens is 208 g/mol. The maximum atomic E-state index is 12.0. The van der Waals surface area contributed by atoms with Crippen LogP contribution in [-0.2, 0) is 9.53 Å². The van der Waals surface area contributed by atoms with E-state index in [1.165, 1.54) is 0 Å². The molecule has 94 valence electrons. The van der Waals surface area contributed by atoms with Crippen molar-refractivity contribution in [2.45, 2.75) is 39.2 Å². The molecule has 3 N–H and O–H groups in total. The van der Waals surface area contributed by atoms with Gasteiger partial charge in [-0.2, -0.15) is 0 Å². The van der Waals surface area contributed by atoms with Gasteiger partial charge in [-0.05, 0) is 33.6 Å². The van der Waals surface area contributed by atoms with Gasteiger partial charge in [-0.1, -0.05) is 0 Å². The Labute approximate surface area is 96.5 Å². The van der Waals surface area contributed by atoms with E-state index in [4.69, 9.17) is 10.6 Å². The van der Waals surface area contributed by atoms with E-state index in [0.29, 0.717) is 25.9 Å². The summed E-state index contributed by atoms with van der Waals surface area (Å²) in [5, 5.41) is 11.1. The molecule has 5 nitrogen and oxygen atoms in total. The zero-order valence-corrected chi connectivity index (χ0v) is 10.3. The highest BCUT2D eigenvalue weighted by molar-refractivity contribution is 5.77. The molecule has 0 aromatic rings. The fourth-order valence-corrected chi connectivity index (χ4v) is 1.77. The van der Waals surface area contributed by atoms with Gasteiger partial charge in [-0.15, -0.1) is 0 Å². The highest BCUT2D eigenvalue weighted by Gasteiger charge is 2.43. The molecular formula is C11H22N2O3. The number of rotatable bonds is 2. The first-order chi connectivity index (χ1) is 7.29. The van der Waals surface area contributed by atoms with Crippen molar-refractivity contribution in [2.75, 3.05) is 19.7 Å². The first-order valence-corrected chi connectivity index (χ1v) is 5.63. The van der Waals surface area contributed by atoms with Gasteiger partial charge in [0.25, 0.3) is 0 Å². The number of ether oxygens (including phenoxy) is 1. The largest absolute Gasteiger partial charge is 0.459 e. The van der Waals surface area contributed by atoms with Gasteiger partial charge in [-0.25, -0.2) is 5.01 Å². The lowest BCUT2D eigenvalue weighted by molar-refractivity contribution is -0.174. The molecule has 0 unspecified atom stereocenters. The Bertz CT molecular complexity index is 252. The number of aliphatic hydroxyl groups excluding tert-OH is 1. The molecule has 1 aliphatic rings. The molecule has 0 aromatic heterocycles.